The SMILES string of the molecule is CCCOc1ccccc1C(=O)N[C@@H](CS(=O)(=O)O)C(=O)OC. The van der Waals surface area contributed by atoms with Gasteiger partial charge in [-0.05, 0) is 18.6 Å². The first-order chi connectivity index (χ1) is 10.8. The van der Waals surface area contributed by atoms with Crippen LogP contribution in [0, 0.1) is 0 Å². The molecular weight excluding hydrogens is 326 g/mol. The quantitative estimate of drug-likeness (QED) is 0.524. The minimum absolute atomic E-state index is 0.144. The topological polar surface area (TPSA) is 119 Å². The highest BCUT2D eigenvalue weighted by Crippen LogP contribution is 2.18. The zero-order valence-electron chi connectivity index (χ0n) is 12.8. The second-order valence-corrected chi connectivity index (χ2v) is 6.14. The third-order valence-electron chi connectivity index (χ3n) is 2.76. The molecule has 0 radical (unpaired) electrons. The van der Waals surface area contributed by atoms with Gasteiger partial charge in [-0.2, -0.15) is 8.42 Å². The van der Waals surface area contributed by atoms with Gasteiger partial charge in [0.2, 0.25) is 0 Å². The minimum atomic E-state index is -4.48. The number of benzene rings is 1. The van der Waals surface area contributed by atoms with Gasteiger partial charge in [-0.3, -0.25) is 9.35 Å². The van der Waals surface area contributed by atoms with E-state index in [0.29, 0.717) is 12.4 Å². The molecule has 1 rings (SSSR count). The summed E-state index contributed by atoms with van der Waals surface area (Å²) in [7, 11) is -3.43. The van der Waals surface area contributed by atoms with Crippen LogP contribution >= 0.6 is 0 Å². The molecule has 9 heteroatoms. The zero-order valence-corrected chi connectivity index (χ0v) is 13.6. The van der Waals surface area contributed by atoms with E-state index in [2.05, 4.69) is 10.1 Å². The molecule has 1 aromatic rings. The normalized spacial score (nSPS) is 12.3. The number of methoxy groups -OCH3 is 1. The molecule has 0 aromatic heterocycles. The van der Waals surface area contributed by atoms with Gasteiger partial charge in [0.25, 0.3) is 16.0 Å². The molecule has 23 heavy (non-hydrogen) atoms. The molecule has 0 unspecified atom stereocenters. The smallest absolute Gasteiger partial charge is 0.329 e. The number of rotatable bonds is 8. The molecule has 1 atom stereocenters. The van der Waals surface area contributed by atoms with E-state index in [1.165, 1.54) is 6.07 Å². The van der Waals surface area contributed by atoms with Crippen LogP contribution in [0.25, 0.3) is 0 Å². The lowest BCUT2D eigenvalue weighted by atomic mass is 10.1. The molecule has 0 spiro atoms. The lowest BCUT2D eigenvalue weighted by Crippen LogP contribution is -2.46. The molecular formula is C14H19NO7S. The molecule has 0 aliphatic heterocycles. The summed E-state index contributed by atoms with van der Waals surface area (Å²) in [5, 5.41) is 2.22. The highest BCUT2D eigenvalue weighted by Gasteiger charge is 2.28. The molecule has 0 aliphatic rings. The highest BCUT2D eigenvalue weighted by molar-refractivity contribution is 7.85. The molecule has 1 aromatic carbocycles. The van der Waals surface area contributed by atoms with E-state index in [-0.39, 0.29) is 5.56 Å². The number of para-hydroxylation sites is 1. The number of carbonyl (C=O) groups is 2. The molecule has 0 bridgehead atoms. The maximum Gasteiger partial charge on any atom is 0.329 e. The summed E-state index contributed by atoms with van der Waals surface area (Å²) in [4.78, 5) is 23.8. The first-order valence-electron chi connectivity index (χ1n) is 6.84. The summed E-state index contributed by atoms with van der Waals surface area (Å²) in [6, 6.07) is 4.81. The maximum atomic E-state index is 12.3. The van der Waals surface area contributed by atoms with Gasteiger partial charge in [-0.25, -0.2) is 4.79 Å². The minimum Gasteiger partial charge on any atom is -0.493 e. The lowest BCUT2D eigenvalue weighted by Gasteiger charge is -2.16. The Hall–Kier alpha value is -2.13. The molecule has 128 valence electrons. The van der Waals surface area contributed by atoms with Gasteiger partial charge >= 0.3 is 5.97 Å². The molecule has 0 saturated carbocycles. The number of amides is 1. The number of ether oxygens (including phenoxy) is 2. The number of hydrogen-bond acceptors (Lipinski definition) is 6. The van der Waals surface area contributed by atoms with Crippen molar-refractivity contribution in [2.45, 2.75) is 19.4 Å². The number of nitrogens with one attached hydrogen (secondary N) is 1. The van der Waals surface area contributed by atoms with Crippen molar-refractivity contribution in [2.24, 2.45) is 0 Å². The van der Waals surface area contributed by atoms with E-state index in [4.69, 9.17) is 9.29 Å². The van der Waals surface area contributed by atoms with Gasteiger partial charge < -0.3 is 14.8 Å². The van der Waals surface area contributed by atoms with Gasteiger partial charge in [-0.15, -0.1) is 0 Å². The van der Waals surface area contributed by atoms with Gasteiger partial charge in [0.1, 0.15) is 17.5 Å². The standard InChI is InChI=1S/C14H19NO7S/c1-3-8-22-12-7-5-4-6-10(12)13(16)15-11(14(17)21-2)9-23(18,19)20/h4-7,11H,3,8-9H2,1-2H3,(H,15,16)(H,18,19,20)/t11-/m0/s1. The third kappa shape index (κ3) is 6.25. The Bertz CT molecular complexity index is 657. The first kappa shape index (κ1) is 18.9. The van der Waals surface area contributed by atoms with E-state index < -0.39 is 33.8 Å². The van der Waals surface area contributed by atoms with Crippen LogP contribution in [0.3, 0.4) is 0 Å². The number of hydrogen-bond donors (Lipinski definition) is 2. The van der Waals surface area contributed by atoms with E-state index >= 15 is 0 Å². The van der Waals surface area contributed by atoms with Crippen LogP contribution in [0.15, 0.2) is 24.3 Å². The van der Waals surface area contributed by atoms with Crippen molar-refractivity contribution in [1.82, 2.24) is 5.32 Å². The third-order valence-corrected chi connectivity index (χ3v) is 3.52. The Morgan fingerprint density at radius 3 is 2.52 bits per heavy atom. The molecule has 8 nitrogen and oxygen atoms in total. The van der Waals surface area contributed by atoms with E-state index in [1.54, 1.807) is 18.2 Å². The Morgan fingerprint density at radius 1 is 1.30 bits per heavy atom. The molecule has 0 aliphatic carbocycles. The predicted octanol–water partition coefficient (Wildman–Crippen LogP) is 0.635. The van der Waals surface area contributed by atoms with Crippen molar-refractivity contribution in [3.05, 3.63) is 29.8 Å². The molecule has 1 amide bonds. The predicted molar refractivity (Wildman–Crippen MR) is 81.9 cm³/mol. The maximum absolute atomic E-state index is 12.3. The van der Waals surface area contributed by atoms with E-state index in [1.807, 2.05) is 6.92 Å². The largest absolute Gasteiger partial charge is 0.493 e. The van der Waals surface area contributed by atoms with Gasteiger partial charge in [0.15, 0.2) is 0 Å². The van der Waals surface area contributed by atoms with Crippen LogP contribution in [0.2, 0.25) is 0 Å². The molecule has 0 fully saturated rings. The van der Waals surface area contributed by atoms with E-state index in [0.717, 1.165) is 13.5 Å². The number of carbonyl (C=O) groups excluding carboxylic acids is 2. The monoisotopic (exact) mass is 345 g/mol. The summed E-state index contributed by atoms with van der Waals surface area (Å²) in [5.74, 6) is -2.37. The molecule has 0 saturated heterocycles. The fourth-order valence-electron chi connectivity index (χ4n) is 1.75. The summed E-state index contributed by atoms with van der Waals surface area (Å²) in [6.45, 7) is 2.30. The molecule has 2 N–H and O–H groups in total. The van der Waals surface area contributed by atoms with Gasteiger partial charge in [0.05, 0.1) is 19.3 Å². The van der Waals surface area contributed by atoms with Crippen LogP contribution in [0.4, 0.5) is 0 Å². The fraction of sp³-hybridized carbons (Fsp3) is 0.429. The second-order valence-electron chi connectivity index (χ2n) is 4.64. The van der Waals surface area contributed by atoms with Crippen molar-refractivity contribution in [3.8, 4) is 5.75 Å². The summed E-state index contributed by atoms with van der Waals surface area (Å²) < 4.78 is 40.7. The van der Waals surface area contributed by atoms with Crippen molar-refractivity contribution >= 4 is 22.0 Å². The van der Waals surface area contributed by atoms with Crippen LogP contribution in [-0.2, 0) is 19.6 Å². The van der Waals surface area contributed by atoms with Crippen LogP contribution in [0.5, 0.6) is 5.75 Å². The van der Waals surface area contributed by atoms with Crippen molar-refractivity contribution < 1.29 is 32.0 Å². The summed E-state index contributed by atoms with van der Waals surface area (Å²) in [5.41, 5.74) is 0.144. The summed E-state index contributed by atoms with van der Waals surface area (Å²) in [6.07, 6.45) is 0.740. The number of esters is 1. The Morgan fingerprint density at radius 2 is 1.96 bits per heavy atom. The average molecular weight is 345 g/mol. The summed E-state index contributed by atoms with van der Waals surface area (Å²) >= 11 is 0. The zero-order chi connectivity index (χ0) is 17.5. The van der Waals surface area contributed by atoms with Gasteiger partial charge in [-0.1, -0.05) is 19.1 Å². The highest BCUT2D eigenvalue weighted by atomic mass is 32.2. The Balaban J connectivity index is 2.97. The van der Waals surface area contributed by atoms with Crippen LogP contribution in [0.1, 0.15) is 23.7 Å². The lowest BCUT2D eigenvalue weighted by molar-refractivity contribution is -0.142. The average Bonchev–Trinajstić information content (AvgIpc) is 2.50. The molecule has 0 heterocycles. The second kappa shape index (κ2) is 8.49. The first-order valence-corrected chi connectivity index (χ1v) is 8.45. The van der Waals surface area contributed by atoms with Crippen LogP contribution < -0.4 is 10.1 Å². The van der Waals surface area contributed by atoms with Crippen molar-refractivity contribution in [2.75, 3.05) is 19.5 Å². The van der Waals surface area contributed by atoms with E-state index in [9.17, 15) is 18.0 Å². The van der Waals surface area contributed by atoms with Crippen molar-refractivity contribution in [1.29, 1.82) is 0 Å². The van der Waals surface area contributed by atoms with Crippen molar-refractivity contribution in [3.63, 3.8) is 0 Å². The Labute approximate surface area is 134 Å². The fourth-order valence-corrected chi connectivity index (χ4v) is 2.39. The Kier molecular flexibility index (Phi) is 6.98. The van der Waals surface area contributed by atoms with Crippen LogP contribution in [-0.4, -0.2) is 50.4 Å². The van der Waals surface area contributed by atoms with Gasteiger partial charge in [0, 0.05) is 0 Å².